The molecule has 202 valence electrons. The van der Waals surface area contributed by atoms with E-state index in [-0.39, 0.29) is 11.3 Å². The van der Waals surface area contributed by atoms with E-state index in [4.69, 9.17) is 28.2 Å². The minimum absolute atomic E-state index is 0.196. The first-order chi connectivity index (χ1) is 18.7. The van der Waals surface area contributed by atoms with Crippen LogP contribution in [-0.2, 0) is 11.2 Å². The van der Waals surface area contributed by atoms with Crippen molar-refractivity contribution in [1.29, 1.82) is 0 Å². The maximum Gasteiger partial charge on any atom is 0.146 e. The van der Waals surface area contributed by atoms with Crippen molar-refractivity contribution in [3.05, 3.63) is 104 Å². The summed E-state index contributed by atoms with van der Waals surface area (Å²) >= 11 is 18.2. The SMILES string of the molecule is C=N/N=C(\SCc1nc(-c2ccc(Cl)cc2Cl)n(-c2ccc(Br)cc2)c1C(C)C)C(C)(CC)c1ccccc1. The Bertz CT molecular complexity index is 1480. The van der Waals surface area contributed by atoms with Gasteiger partial charge >= 0.3 is 0 Å². The van der Waals surface area contributed by atoms with E-state index in [9.17, 15) is 0 Å². The lowest BCUT2D eigenvalue weighted by Gasteiger charge is -2.29. The van der Waals surface area contributed by atoms with Gasteiger partial charge in [0, 0.05) is 44.3 Å². The lowest BCUT2D eigenvalue weighted by molar-refractivity contribution is 0.619. The van der Waals surface area contributed by atoms with Crippen molar-refractivity contribution in [3.8, 4) is 17.1 Å². The maximum atomic E-state index is 6.72. The monoisotopic (exact) mass is 640 g/mol. The summed E-state index contributed by atoms with van der Waals surface area (Å²) in [5.74, 6) is 1.59. The Balaban J connectivity index is 1.84. The van der Waals surface area contributed by atoms with Gasteiger partial charge in [-0.3, -0.25) is 4.57 Å². The van der Waals surface area contributed by atoms with Crippen LogP contribution in [0.3, 0.4) is 0 Å². The maximum absolute atomic E-state index is 6.72. The molecule has 39 heavy (non-hydrogen) atoms. The molecule has 0 fully saturated rings. The Labute approximate surface area is 253 Å². The number of hydrogen-bond donors (Lipinski definition) is 0. The highest BCUT2D eigenvalue weighted by molar-refractivity contribution is 9.10. The molecule has 0 spiro atoms. The van der Waals surface area contributed by atoms with Gasteiger partial charge in [-0.1, -0.05) is 90.2 Å². The molecule has 0 aliphatic rings. The van der Waals surface area contributed by atoms with E-state index in [1.807, 2.05) is 30.3 Å². The first-order valence-corrected chi connectivity index (χ1v) is 15.3. The zero-order valence-corrected chi connectivity index (χ0v) is 26.4. The molecule has 1 atom stereocenters. The molecule has 0 amide bonds. The Morgan fingerprint density at radius 1 is 1.08 bits per heavy atom. The van der Waals surface area contributed by atoms with Crippen molar-refractivity contribution in [2.24, 2.45) is 10.2 Å². The van der Waals surface area contributed by atoms with Crippen LogP contribution in [0, 0.1) is 0 Å². The predicted octanol–water partition coefficient (Wildman–Crippen LogP) is 10.3. The zero-order valence-electron chi connectivity index (χ0n) is 22.5. The summed E-state index contributed by atoms with van der Waals surface area (Å²) in [7, 11) is 0. The number of nitrogens with zero attached hydrogens (tertiary/aromatic N) is 4. The molecule has 4 nitrogen and oxygen atoms in total. The quantitative estimate of drug-likeness (QED) is 0.104. The summed E-state index contributed by atoms with van der Waals surface area (Å²) < 4.78 is 3.22. The highest BCUT2D eigenvalue weighted by Crippen LogP contribution is 2.39. The second-order valence-corrected chi connectivity index (χ2v) is 12.5. The molecule has 1 unspecified atom stereocenters. The molecule has 0 saturated heterocycles. The number of aromatic nitrogens is 2. The van der Waals surface area contributed by atoms with E-state index in [1.54, 1.807) is 17.8 Å². The number of halogens is 3. The van der Waals surface area contributed by atoms with E-state index in [0.29, 0.717) is 15.8 Å². The molecule has 0 radical (unpaired) electrons. The topological polar surface area (TPSA) is 42.5 Å². The molecule has 3 aromatic carbocycles. The van der Waals surface area contributed by atoms with Crippen molar-refractivity contribution in [3.63, 3.8) is 0 Å². The molecule has 4 aromatic rings. The van der Waals surface area contributed by atoms with Gasteiger partial charge in [0.25, 0.3) is 0 Å². The summed E-state index contributed by atoms with van der Waals surface area (Å²) in [6.45, 7) is 12.4. The molecule has 1 heterocycles. The summed E-state index contributed by atoms with van der Waals surface area (Å²) in [6.07, 6.45) is 0.869. The third kappa shape index (κ3) is 6.35. The van der Waals surface area contributed by atoms with E-state index < -0.39 is 0 Å². The molecular formula is C31H31BrCl2N4S. The smallest absolute Gasteiger partial charge is 0.146 e. The summed E-state index contributed by atoms with van der Waals surface area (Å²) in [4.78, 5) is 5.21. The second-order valence-electron chi connectivity index (χ2n) is 9.74. The van der Waals surface area contributed by atoms with Gasteiger partial charge in [-0.25, -0.2) is 4.98 Å². The van der Waals surface area contributed by atoms with Crippen LogP contribution in [0.15, 0.2) is 87.5 Å². The summed E-state index contributed by atoms with van der Waals surface area (Å²) in [6, 6.07) is 24.2. The van der Waals surface area contributed by atoms with Gasteiger partial charge in [-0.2, -0.15) is 5.10 Å². The van der Waals surface area contributed by atoms with Crippen molar-refractivity contribution in [2.45, 2.75) is 51.2 Å². The Morgan fingerprint density at radius 3 is 2.36 bits per heavy atom. The van der Waals surface area contributed by atoms with Crippen molar-refractivity contribution in [1.82, 2.24) is 9.55 Å². The Morgan fingerprint density at radius 2 is 1.77 bits per heavy atom. The Kier molecular flexibility index (Phi) is 9.76. The first kappa shape index (κ1) is 29.6. The number of rotatable bonds is 9. The van der Waals surface area contributed by atoms with E-state index in [0.717, 1.165) is 44.4 Å². The van der Waals surface area contributed by atoms with Crippen LogP contribution >= 0.6 is 50.9 Å². The highest BCUT2D eigenvalue weighted by atomic mass is 79.9. The van der Waals surface area contributed by atoms with Crippen molar-refractivity contribution < 1.29 is 0 Å². The third-order valence-corrected chi connectivity index (χ3v) is 9.19. The van der Waals surface area contributed by atoms with Crippen LogP contribution in [-0.4, -0.2) is 21.3 Å². The predicted molar refractivity (Wildman–Crippen MR) is 173 cm³/mol. The van der Waals surface area contributed by atoms with E-state index in [1.165, 1.54) is 5.56 Å². The minimum atomic E-state index is -0.304. The summed E-state index contributed by atoms with van der Waals surface area (Å²) in [5.41, 5.74) is 4.82. The minimum Gasteiger partial charge on any atom is -0.296 e. The van der Waals surface area contributed by atoms with Crippen LogP contribution in [0.5, 0.6) is 0 Å². The van der Waals surface area contributed by atoms with Crippen molar-refractivity contribution in [2.75, 3.05) is 0 Å². The van der Waals surface area contributed by atoms with E-state index in [2.05, 4.69) is 102 Å². The van der Waals surface area contributed by atoms with E-state index >= 15 is 0 Å². The van der Waals surface area contributed by atoms with Crippen LogP contribution in [0.25, 0.3) is 17.1 Å². The van der Waals surface area contributed by atoms with Gasteiger partial charge in [0.2, 0.25) is 0 Å². The average Bonchev–Trinajstić information content (AvgIpc) is 3.31. The molecule has 0 saturated carbocycles. The molecule has 0 aliphatic heterocycles. The standard InChI is InChI=1S/C31H31BrCl2N4S/c1-6-31(4,21-10-8-7-9-11-21)30(37-35-5)39-19-27-28(20(2)3)38(24-15-12-22(32)13-16-24)29(36-27)25-17-14-23(33)18-26(25)34/h7-18,20H,5-6,19H2,1-4H3/b37-30-. The molecule has 1 aromatic heterocycles. The van der Waals surface area contributed by atoms with Crippen molar-refractivity contribution >= 4 is 62.7 Å². The lowest BCUT2D eigenvalue weighted by atomic mass is 9.81. The molecule has 0 aliphatic carbocycles. The van der Waals surface area contributed by atoms with Gasteiger partial charge in [0.1, 0.15) is 10.9 Å². The molecule has 8 heteroatoms. The largest absolute Gasteiger partial charge is 0.296 e. The van der Waals surface area contributed by atoms with Crippen LogP contribution in [0.2, 0.25) is 10.0 Å². The third-order valence-electron chi connectivity index (χ3n) is 6.89. The lowest BCUT2D eigenvalue weighted by Crippen LogP contribution is -2.30. The van der Waals surface area contributed by atoms with Gasteiger partial charge < -0.3 is 0 Å². The average molecular weight is 642 g/mol. The number of benzene rings is 3. The first-order valence-electron chi connectivity index (χ1n) is 12.7. The number of imidazole rings is 1. The number of thioether (sulfide) groups is 1. The fourth-order valence-electron chi connectivity index (χ4n) is 4.66. The van der Waals surface area contributed by atoms with Gasteiger partial charge in [0.05, 0.1) is 10.7 Å². The summed E-state index contributed by atoms with van der Waals surface area (Å²) in [5, 5.41) is 10.5. The molecule has 0 N–H and O–H groups in total. The second kappa shape index (κ2) is 12.9. The Hall–Kier alpha value is -2.38. The van der Waals surface area contributed by atoms with Crippen LogP contribution in [0.4, 0.5) is 0 Å². The van der Waals surface area contributed by atoms with Crippen LogP contribution in [0.1, 0.15) is 57.0 Å². The molecule has 4 rings (SSSR count). The number of hydrogen-bond acceptors (Lipinski definition) is 4. The van der Waals surface area contributed by atoms with Gasteiger partial charge in [-0.15, -0.1) is 16.9 Å². The molecular weight excluding hydrogens is 611 g/mol. The molecule has 0 bridgehead atoms. The highest BCUT2D eigenvalue weighted by Gasteiger charge is 2.33. The fourth-order valence-corrected chi connectivity index (χ4v) is 6.60. The zero-order chi connectivity index (χ0) is 28.2. The fraction of sp³-hybridized carbons (Fsp3) is 0.258. The van der Waals surface area contributed by atoms with Gasteiger partial charge in [-0.05, 0) is 67.3 Å². The normalized spacial score (nSPS) is 13.5. The van der Waals surface area contributed by atoms with Gasteiger partial charge in [0.15, 0.2) is 0 Å². The van der Waals surface area contributed by atoms with Crippen LogP contribution < -0.4 is 0 Å².